The number of halogens is 2. The first-order chi connectivity index (χ1) is 10.5. The van der Waals surface area contributed by atoms with Crippen LogP contribution >= 0.6 is 23.2 Å². The molecule has 0 heterocycles. The van der Waals surface area contributed by atoms with Crippen LogP contribution in [0.4, 0.5) is 0 Å². The maximum Gasteiger partial charge on any atom is 0.244 e. The lowest BCUT2D eigenvalue weighted by Crippen LogP contribution is -2.30. The van der Waals surface area contributed by atoms with Crippen molar-refractivity contribution in [2.45, 2.75) is 23.8 Å². The minimum atomic E-state index is -3.79. The van der Waals surface area contributed by atoms with Gasteiger partial charge in [-0.3, -0.25) is 0 Å². The average molecular weight is 356 g/mol. The van der Waals surface area contributed by atoms with Gasteiger partial charge in [0.1, 0.15) is 4.90 Å². The second kappa shape index (κ2) is 6.20. The van der Waals surface area contributed by atoms with E-state index in [1.54, 1.807) is 6.07 Å². The van der Waals surface area contributed by atoms with Gasteiger partial charge in [0.15, 0.2) is 0 Å². The number of rotatable bonds is 5. The summed E-state index contributed by atoms with van der Waals surface area (Å²) in [6, 6.07) is 14.0. The van der Waals surface area contributed by atoms with Gasteiger partial charge < -0.3 is 0 Å². The Labute approximate surface area is 140 Å². The summed E-state index contributed by atoms with van der Waals surface area (Å²) in [7, 11) is -3.79. The van der Waals surface area contributed by atoms with E-state index in [1.807, 2.05) is 30.3 Å². The lowest BCUT2D eigenvalue weighted by Gasteiger charge is -2.19. The molecular weight excluding hydrogens is 341 g/mol. The van der Waals surface area contributed by atoms with Crippen molar-refractivity contribution < 1.29 is 8.42 Å². The highest BCUT2D eigenvalue weighted by atomic mass is 35.5. The third-order valence-corrected chi connectivity index (χ3v) is 6.12. The van der Waals surface area contributed by atoms with Gasteiger partial charge in [-0.05, 0) is 36.5 Å². The van der Waals surface area contributed by atoms with Gasteiger partial charge in [-0.1, -0.05) is 59.6 Å². The first-order valence-corrected chi connectivity index (χ1v) is 9.24. The molecule has 22 heavy (non-hydrogen) atoms. The van der Waals surface area contributed by atoms with Gasteiger partial charge in [0, 0.05) is 6.04 Å². The molecule has 116 valence electrons. The SMILES string of the molecule is O=S(=O)(NC(c1ccccc1)C1CC1)c1c(Cl)cccc1Cl. The zero-order valence-corrected chi connectivity index (χ0v) is 14.0. The van der Waals surface area contributed by atoms with Gasteiger partial charge in [-0.15, -0.1) is 0 Å². The van der Waals surface area contributed by atoms with Crippen LogP contribution in [0.5, 0.6) is 0 Å². The summed E-state index contributed by atoms with van der Waals surface area (Å²) < 4.78 is 28.2. The Bertz CT molecular complexity index is 754. The highest BCUT2D eigenvalue weighted by Crippen LogP contribution is 2.42. The topological polar surface area (TPSA) is 46.2 Å². The summed E-state index contributed by atoms with van der Waals surface area (Å²) in [4.78, 5) is -0.0556. The standard InChI is InChI=1S/C16H15Cl2NO2S/c17-13-7-4-8-14(18)16(13)22(20,21)19-15(12-9-10-12)11-5-2-1-3-6-11/h1-8,12,15,19H,9-10H2. The summed E-state index contributed by atoms with van der Waals surface area (Å²) >= 11 is 12.1. The molecule has 1 aliphatic rings. The minimum absolute atomic E-state index is 0.0556. The fourth-order valence-electron chi connectivity index (χ4n) is 2.49. The van der Waals surface area contributed by atoms with Crippen molar-refractivity contribution in [1.29, 1.82) is 0 Å². The minimum Gasteiger partial charge on any atom is -0.207 e. The lowest BCUT2D eigenvalue weighted by atomic mass is 10.0. The van der Waals surface area contributed by atoms with E-state index in [-0.39, 0.29) is 21.0 Å². The molecule has 1 aliphatic carbocycles. The molecule has 0 amide bonds. The van der Waals surface area contributed by atoms with E-state index >= 15 is 0 Å². The Balaban J connectivity index is 1.96. The molecule has 1 fully saturated rings. The molecule has 1 saturated carbocycles. The third-order valence-electron chi connectivity index (χ3n) is 3.72. The Hall–Kier alpha value is -1.07. The Morgan fingerprint density at radius 1 is 0.955 bits per heavy atom. The molecule has 3 rings (SSSR count). The van der Waals surface area contributed by atoms with Crippen LogP contribution in [-0.4, -0.2) is 8.42 Å². The van der Waals surface area contributed by atoms with Crippen molar-refractivity contribution in [3.63, 3.8) is 0 Å². The molecule has 2 aromatic carbocycles. The van der Waals surface area contributed by atoms with Gasteiger partial charge in [0.05, 0.1) is 10.0 Å². The second-order valence-corrected chi connectivity index (χ2v) is 7.86. The Morgan fingerprint density at radius 2 is 1.55 bits per heavy atom. The van der Waals surface area contributed by atoms with E-state index in [2.05, 4.69) is 4.72 Å². The van der Waals surface area contributed by atoms with E-state index in [1.165, 1.54) is 12.1 Å². The van der Waals surface area contributed by atoms with Crippen LogP contribution in [0.2, 0.25) is 10.0 Å². The van der Waals surface area contributed by atoms with Crippen LogP contribution < -0.4 is 4.72 Å². The smallest absolute Gasteiger partial charge is 0.207 e. The van der Waals surface area contributed by atoms with Crippen molar-refractivity contribution in [2.24, 2.45) is 5.92 Å². The summed E-state index contributed by atoms with van der Waals surface area (Å²) in [5, 5.41) is 0.255. The van der Waals surface area contributed by atoms with Crippen LogP contribution in [0.3, 0.4) is 0 Å². The first kappa shape index (κ1) is 15.8. The maximum atomic E-state index is 12.7. The van der Waals surface area contributed by atoms with Crippen molar-refractivity contribution >= 4 is 33.2 Å². The molecule has 0 saturated heterocycles. The predicted molar refractivity (Wildman–Crippen MR) is 88.7 cm³/mol. The van der Waals surface area contributed by atoms with Crippen molar-refractivity contribution in [2.75, 3.05) is 0 Å². The molecule has 2 aromatic rings. The highest BCUT2D eigenvalue weighted by Gasteiger charge is 2.36. The molecule has 0 bridgehead atoms. The van der Waals surface area contributed by atoms with Crippen LogP contribution in [0, 0.1) is 5.92 Å². The van der Waals surface area contributed by atoms with Crippen LogP contribution in [-0.2, 0) is 10.0 Å². The third kappa shape index (κ3) is 3.30. The van der Waals surface area contributed by atoms with Crippen LogP contribution in [0.15, 0.2) is 53.4 Å². The van der Waals surface area contributed by atoms with Gasteiger partial charge in [0.2, 0.25) is 10.0 Å². The summed E-state index contributed by atoms with van der Waals surface area (Å²) in [6.45, 7) is 0. The summed E-state index contributed by atoms with van der Waals surface area (Å²) in [5.74, 6) is 0.318. The quantitative estimate of drug-likeness (QED) is 0.862. The highest BCUT2D eigenvalue weighted by molar-refractivity contribution is 7.89. The zero-order chi connectivity index (χ0) is 15.7. The van der Waals surface area contributed by atoms with E-state index in [0.717, 1.165) is 18.4 Å². The van der Waals surface area contributed by atoms with Crippen molar-refractivity contribution in [3.05, 3.63) is 64.1 Å². The van der Waals surface area contributed by atoms with Crippen LogP contribution in [0.1, 0.15) is 24.4 Å². The van der Waals surface area contributed by atoms with E-state index in [9.17, 15) is 8.42 Å². The summed E-state index contributed by atoms with van der Waals surface area (Å²) in [6.07, 6.45) is 2.02. The number of benzene rings is 2. The molecule has 6 heteroatoms. The Morgan fingerprint density at radius 3 is 2.09 bits per heavy atom. The van der Waals surface area contributed by atoms with Crippen molar-refractivity contribution in [1.82, 2.24) is 4.72 Å². The fraction of sp³-hybridized carbons (Fsp3) is 0.250. The molecular formula is C16H15Cl2NO2S. The number of hydrogen-bond acceptors (Lipinski definition) is 2. The van der Waals surface area contributed by atoms with Gasteiger partial charge >= 0.3 is 0 Å². The van der Waals surface area contributed by atoms with Crippen molar-refractivity contribution in [3.8, 4) is 0 Å². The van der Waals surface area contributed by atoms with Gasteiger partial charge in [-0.25, -0.2) is 13.1 Å². The molecule has 0 aromatic heterocycles. The van der Waals surface area contributed by atoms with Crippen LogP contribution in [0.25, 0.3) is 0 Å². The molecule has 0 aliphatic heterocycles. The lowest BCUT2D eigenvalue weighted by molar-refractivity contribution is 0.529. The molecule has 1 atom stereocenters. The maximum absolute atomic E-state index is 12.7. The van der Waals surface area contributed by atoms with E-state index < -0.39 is 10.0 Å². The van der Waals surface area contributed by atoms with Gasteiger partial charge in [0.25, 0.3) is 0 Å². The fourth-order valence-corrected chi connectivity index (χ4v) is 4.93. The largest absolute Gasteiger partial charge is 0.244 e. The number of sulfonamides is 1. The zero-order valence-electron chi connectivity index (χ0n) is 11.7. The molecule has 3 nitrogen and oxygen atoms in total. The number of nitrogens with one attached hydrogen (secondary N) is 1. The molecule has 0 spiro atoms. The van der Waals surface area contributed by atoms with E-state index in [0.29, 0.717) is 5.92 Å². The normalized spacial score (nSPS) is 16.5. The van der Waals surface area contributed by atoms with E-state index in [4.69, 9.17) is 23.2 Å². The molecule has 0 radical (unpaired) electrons. The Kier molecular flexibility index (Phi) is 4.46. The summed E-state index contributed by atoms with van der Waals surface area (Å²) in [5.41, 5.74) is 0.955. The average Bonchev–Trinajstić information content (AvgIpc) is 3.30. The number of hydrogen-bond donors (Lipinski definition) is 1. The predicted octanol–water partition coefficient (Wildman–Crippen LogP) is 4.42. The second-order valence-electron chi connectivity index (χ2n) is 5.40. The first-order valence-electron chi connectivity index (χ1n) is 7.00. The van der Waals surface area contributed by atoms with Gasteiger partial charge in [-0.2, -0.15) is 0 Å². The molecule has 1 unspecified atom stereocenters. The monoisotopic (exact) mass is 355 g/mol. The molecule has 1 N–H and O–H groups in total.